The molecule has 1 aromatic rings. The average Bonchev–Trinajstić information content (AvgIpc) is 2.28. The third-order valence-electron chi connectivity index (χ3n) is 3.37. The van der Waals surface area contributed by atoms with Gasteiger partial charge < -0.3 is 20.1 Å². The summed E-state index contributed by atoms with van der Waals surface area (Å²) in [5, 5.41) is 0. The summed E-state index contributed by atoms with van der Waals surface area (Å²) in [6.07, 6.45) is -0.305. The highest BCUT2D eigenvalue weighted by atomic mass is 16.6. The molecule has 1 saturated heterocycles. The molecular formula is C15H22N2O3. The third kappa shape index (κ3) is 2.88. The highest BCUT2D eigenvalue weighted by Gasteiger charge is 2.48. The minimum atomic E-state index is -0.483. The number of nitrogens with zero attached hydrogens (tertiary/aromatic N) is 1. The number of nitrogens with two attached hydrogens (primary N) is 1. The Morgan fingerprint density at radius 2 is 1.80 bits per heavy atom. The molecule has 1 fully saturated rings. The van der Waals surface area contributed by atoms with Gasteiger partial charge in [-0.15, -0.1) is 0 Å². The lowest BCUT2D eigenvalue weighted by Crippen LogP contribution is -2.62. The Morgan fingerprint density at radius 1 is 1.25 bits per heavy atom. The average molecular weight is 278 g/mol. The van der Waals surface area contributed by atoms with Gasteiger partial charge in [0.25, 0.3) is 0 Å². The number of nitrogen functional groups attached to an aromatic ring is 1. The number of ether oxygens (including phenoxy) is 2. The van der Waals surface area contributed by atoms with Crippen LogP contribution in [-0.4, -0.2) is 36.8 Å². The molecule has 0 aromatic heterocycles. The number of hydrogen-bond acceptors (Lipinski definition) is 4. The zero-order chi connectivity index (χ0) is 15.0. The van der Waals surface area contributed by atoms with Gasteiger partial charge in [0.2, 0.25) is 0 Å². The second kappa shape index (κ2) is 4.98. The van der Waals surface area contributed by atoms with Crippen LogP contribution in [0.3, 0.4) is 0 Å². The van der Waals surface area contributed by atoms with Crippen LogP contribution in [0, 0.1) is 0 Å². The van der Waals surface area contributed by atoms with E-state index < -0.39 is 11.2 Å². The molecule has 0 unspecified atom stereocenters. The van der Waals surface area contributed by atoms with E-state index in [1.807, 2.05) is 45.0 Å². The molecule has 1 heterocycles. The van der Waals surface area contributed by atoms with Gasteiger partial charge in [-0.3, -0.25) is 0 Å². The van der Waals surface area contributed by atoms with Crippen molar-refractivity contribution < 1.29 is 14.3 Å². The number of carbonyl (C=O) groups excluding carboxylic acids is 1. The first-order chi connectivity index (χ1) is 9.26. The van der Waals surface area contributed by atoms with E-state index in [1.54, 1.807) is 12.0 Å². The van der Waals surface area contributed by atoms with Crippen LogP contribution in [0.15, 0.2) is 24.3 Å². The minimum Gasteiger partial charge on any atom is -0.444 e. The fourth-order valence-electron chi connectivity index (χ4n) is 2.24. The summed E-state index contributed by atoms with van der Waals surface area (Å²) in [4.78, 5) is 13.6. The molecule has 1 amide bonds. The Hall–Kier alpha value is -1.75. The minimum absolute atomic E-state index is 0.305. The quantitative estimate of drug-likeness (QED) is 0.843. The topological polar surface area (TPSA) is 64.8 Å². The molecule has 20 heavy (non-hydrogen) atoms. The molecule has 0 spiro atoms. The van der Waals surface area contributed by atoms with Gasteiger partial charge in [-0.05, 0) is 38.5 Å². The summed E-state index contributed by atoms with van der Waals surface area (Å²) in [5.41, 5.74) is 6.49. The van der Waals surface area contributed by atoms with Crippen LogP contribution in [-0.2, 0) is 15.1 Å². The second-order valence-electron chi connectivity index (χ2n) is 6.16. The summed E-state index contributed by atoms with van der Waals surface area (Å²) in [6.45, 7) is 6.54. The Bertz CT molecular complexity index is 485. The molecule has 0 radical (unpaired) electrons. The van der Waals surface area contributed by atoms with Crippen LogP contribution in [0.2, 0.25) is 0 Å². The van der Waals surface area contributed by atoms with Gasteiger partial charge in [0.1, 0.15) is 11.2 Å². The third-order valence-corrected chi connectivity index (χ3v) is 3.37. The van der Waals surface area contributed by atoms with Crippen molar-refractivity contribution in [2.45, 2.75) is 32.0 Å². The van der Waals surface area contributed by atoms with Crippen LogP contribution >= 0.6 is 0 Å². The normalized spacial score (nSPS) is 17.5. The molecule has 1 aliphatic rings. The van der Waals surface area contributed by atoms with Crippen molar-refractivity contribution >= 4 is 11.8 Å². The van der Waals surface area contributed by atoms with Crippen LogP contribution in [0.5, 0.6) is 0 Å². The summed E-state index contributed by atoms with van der Waals surface area (Å²) in [5.74, 6) is 0. The van der Waals surface area contributed by atoms with Gasteiger partial charge in [-0.25, -0.2) is 4.79 Å². The lowest BCUT2D eigenvalue weighted by molar-refractivity contribution is -0.127. The molecule has 5 heteroatoms. The van der Waals surface area contributed by atoms with Gasteiger partial charge in [0.05, 0.1) is 13.1 Å². The number of anilines is 1. The molecule has 1 aliphatic heterocycles. The highest BCUT2D eigenvalue weighted by molar-refractivity contribution is 5.70. The van der Waals surface area contributed by atoms with E-state index in [0.717, 1.165) is 5.56 Å². The first-order valence-corrected chi connectivity index (χ1v) is 6.65. The molecule has 2 rings (SSSR count). The van der Waals surface area contributed by atoms with Crippen LogP contribution in [0.25, 0.3) is 0 Å². The molecule has 110 valence electrons. The number of hydrogen-bond donors (Lipinski definition) is 1. The summed E-state index contributed by atoms with van der Waals surface area (Å²) in [7, 11) is 1.66. The van der Waals surface area contributed by atoms with E-state index in [4.69, 9.17) is 15.2 Å². The van der Waals surface area contributed by atoms with E-state index in [9.17, 15) is 4.79 Å². The zero-order valence-corrected chi connectivity index (χ0v) is 12.5. The monoisotopic (exact) mass is 278 g/mol. The smallest absolute Gasteiger partial charge is 0.410 e. The first-order valence-electron chi connectivity index (χ1n) is 6.65. The molecule has 0 aliphatic carbocycles. The molecule has 5 nitrogen and oxygen atoms in total. The Balaban J connectivity index is 2.04. The fourth-order valence-corrected chi connectivity index (χ4v) is 2.24. The number of benzene rings is 1. The number of likely N-dealkylation sites (tertiary alicyclic amines) is 1. The Labute approximate surface area is 119 Å². The predicted octanol–water partition coefficient (Wildman–Crippen LogP) is 2.36. The van der Waals surface area contributed by atoms with Crippen molar-refractivity contribution in [2.24, 2.45) is 0 Å². The van der Waals surface area contributed by atoms with Crippen molar-refractivity contribution in [2.75, 3.05) is 25.9 Å². The van der Waals surface area contributed by atoms with Crippen molar-refractivity contribution in [1.82, 2.24) is 4.90 Å². The number of rotatable bonds is 2. The summed E-state index contributed by atoms with van der Waals surface area (Å²) >= 11 is 0. The van der Waals surface area contributed by atoms with E-state index in [1.165, 1.54) is 0 Å². The van der Waals surface area contributed by atoms with E-state index >= 15 is 0 Å². The maximum Gasteiger partial charge on any atom is 0.410 e. The molecular weight excluding hydrogens is 256 g/mol. The van der Waals surface area contributed by atoms with Gasteiger partial charge in [0, 0.05) is 12.8 Å². The van der Waals surface area contributed by atoms with Gasteiger partial charge in [-0.1, -0.05) is 12.1 Å². The number of carbonyl (C=O) groups is 1. The molecule has 0 saturated carbocycles. The van der Waals surface area contributed by atoms with E-state index in [0.29, 0.717) is 18.8 Å². The van der Waals surface area contributed by atoms with Crippen molar-refractivity contribution in [3.05, 3.63) is 29.8 Å². The largest absolute Gasteiger partial charge is 0.444 e. The van der Waals surface area contributed by atoms with Crippen molar-refractivity contribution in [3.63, 3.8) is 0 Å². The SMILES string of the molecule is COC1(c2ccc(N)cc2)CN(C(=O)OC(C)(C)C)C1. The molecule has 0 atom stereocenters. The first kappa shape index (κ1) is 14.7. The van der Waals surface area contributed by atoms with Crippen LogP contribution in [0.1, 0.15) is 26.3 Å². The molecule has 2 N–H and O–H groups in total. The van der Waals surface area contributed by atoms with Crippen molar-refractivity contribution in [1.29, 1.82) is 0 Å². The maximum absolute atomic E-state index is 12.0. The summed E-state index contributed by atoms with van der Waals surface area (Å²) < 4.78 is 11.0. The fraction of sp³-hybridized carbons (Fsp3) is 0.533. The van der Waals surface area contributed by atoms with Crippen molar-refractivity contribution in [3.8, 4) is 0 Å². The molecule has 1 aromatic carbocycles. The summed E-state index contributed by atoms with van der Waals surface area (Å²) in [6, 6.07) is 7.55. The number of amides is 1. The molecule has 0 bridgehead atoms. The highest BCUT2D eigenvalue weighted by Crippen LogP contribution is 2.36. The van der Waals surface area contributed by atoms with E-state index in [-0.39, 0.29) is 6.09 Å². The lowest BCUT2D eigenvalue weighted by atomic mass is 9.86. The predicted molar refractivity (Wildman–Crippen MR) is 77.3 cm³/mol. The second-order valence-corrected chi connectivity index (χ2v) is 6.16. The van der Waals surface area contributed by atoms with E-state index in [2.05, 4.69) is 0 Å². The maximum atomic E-state index is 12.0. The van der Waals surface area contributed by atoms with Crippen LogP contribution in [0.4, 0.5) is 10.5 Å². The lowest BCUT2D eigenvalue weighted by Gasteiger charge is -2.49. The standard InChI is InChI=1S/C15H22N2O3/c1-14(2,3)20-13(18)17-9-15(10-17,19-4)11-5-7-12(16)8-6-11/h5-8H,9-10,16H2,1-4H3. The Morgan fingerprint density at radius 3 is 2.25 bits per heavy atom. The zero-order valence-electron chi connectivity index (χ0n) is 12.5. The van der Waals surface area contributed by atoms with Crippen LogP contribution < -0.4 is 5.73 Å². The van der Waals surface area contributed by atoms with Gasteiger partial charge in [-0.2, -0.15) is 0 Å². The number of methoxy groups -OCH3 is 1. The Kier molecular flexibility index (Phi) is 3.65. The van der Waals surface area contributed by atoms with Gasteiger partial charge >= 0.3 is 6.09 Å². The van der Waals surface area contributed by atoms with Gasteiger partial charge in [0.15, 0.2) is 0 Å².